The summed E-state index contributed by atoms with van der Waals surface area (Å²) < 4.78 is 98.4. The SMILES string of the molecule is NC(=O)c1ccc(N)cc1.Nc1cc2c(O)c(N=Nc3ccc4cc(S(=O)(=O)O)c(N)c(O)c4c3)c(S(=O)(=O)O)cc2cc1S(=O)(=O)O. The van der Waals surface area contributed by atoms with E-state index < -0.39 is 79.5 Å². The van der Waals surface area contributed by atoms with E-state index in [0.29, 0.717) is 11.3 Å². The van der Waals surface area contributed by atoms with Gasteiger partial charge in [0.25, 0.3) is 30.4 Å². The molecule has 0 spiro atoms. The Morgan fingerprint density at radius 2 is 1.12 bits per heavy atom. The molecule has 18 nitrogen and oxygen atoms in total. The van der Waals surface area contributed by atoms with Crippen LogP contribution in [0.15, 0.2) is 91.6 Å². The molecule has 0 radical (unpaired) electrons. The predicted octanol–water partition coefficient (Wildman–Crippen LogP) is 3.09. The maximum absolute atomic E-state index is 12.0. The van der Waals surface area contributed by atoms with Gasteiger partial charge < -0.3 is 33.1 Å². The number of carbonyl (C=O) groups is 1. The zero-order valence-corrected chi connectivity index (χ0v) is 26.3. The molecule has 0 bridgehead atoms. The minimum Gasteiger partial charge on any atom is -0.505 e. The minimum atomic E-state index is -5.07. The summed E-state index contributed by atoms with van der Waals surface area (Å²) in [6, 6.07) is 13.7. The topological polar surface area (TPSA) is 349 Å². The van der Waals surface area contributed by atoms with Gasteiger partial charge in [-0.15, -0.1) is 5.11 Å². The Morgan fingerprint density at radius 3 is 1.67 bits per heavy atom. The third kappa shape index (κ3) is 7.35. The van der Waals surface area contributed by atoms with Crippen LogP contribution in [-0.4, -0.2) is 55.0 Å². The van der Waals surface area contributed by atoms with Crippen LogP contribution in [-0.2, 0) is 30.4 Å². The summed E-state index contributed by atoms with van der Waals surface area (Å²) in [7, 11) is -14.6. The minimum absolute atomic E-state index is 0.0189. The number of aromatic hydroxyl groups is 2. The van der Waals surface area contributed by atoms with Gasteiger partial charge in [-0.05, 0) is 71.4 Å². The number of nitrogens with zero attached hydrogens (tertiary/aromatic N) is 2. The van der Waals surface area contributed by atoms with E-state index in [2.05, 4.69) is 10.2 Å². The molecule has 5 rings (SSSR count). The van der Waals surface area contributed by atoms with E-state index >= 15 is 0 Å². The first kappa shape index (κ1) is 35.3. The molecular formula is C27H24N6O12S3. The molecule has 252 valence electrons. The van der Waals surface area contributed by atoms with E-state index in [0.717, 1.165) is 24.3 Å². The van der Waals surface area contributed by atoms with Crippen LogP contribution in [0.25, 0.3) is 21.5 Å². The Hall–Kier alpha value is -5.58. The van der Waals surface area contributed by atoms with Gasteiger partial charge in [-0.2, -0.15) is 30.4 Å². The number of amides is 1. The highest BCUT2D eigenvalue weighted by Gasteiger charge is 2.25. The molecule has 0 aliphatic carbocycles. The molecule has 1 amide bonds. The first-order valence-electron chi connectivity index (χ1n) is 12.7. The number of nitrogens with two attached hydrogens (primary N) is 4. The maximum atomic E-state index is 12.0. The Balaban J connectivity index is 0.000000445. The highest BCUT2D eigenvalue weighted by atomic mass is 32.2. The zero-order chi connectivity index (χ0) is 35.9. The highest BCUT2D eigenvalue weighted by molar-refractivity contribution is 7.86. The summed E-state index contributed by atoms with van der Waals surface area (Å²) in [5.41, 5.74) is 20.8. The van der Waals surface area contributed by atoms with E-state index in [9.17, 15) is 53.9 Å². The molecule has 0 heterocycles. The van der Waals surface area contributed by atoms with Crippen LogP contribution in [0, 0.1) is 0 Å². The van der Waals surface area contributed by atoms with Crippen molar-refractivity contribution in [3.05, 3.63) is 72.3 Å². The van der Waals surface area contributed by atoms with Crippen molar-refractivity contribution in [2.45, 2.75) is 14.7 Å². The highest BCUT2D eigenvalue weighted by Crippen LogP contribution is 2.44. The summed E-state index contributed by atoms with van der Waals surface area (Å²) in [6.45, 7) is 0. The molecule has 21 heteroatoms. The second-order valence-electron chi connectivity index (χ2n) is 9.84. The molecule has 0 saturated carbocycles. The van der Waals surface area contributed by atoms with Crippen molar-refractivity contribution in [1.29, 1.82) is 0 Å². The first-order chi connectivity index (χ1) is 22.1. The fourth-order valence-corrected chi connectivity index (χ4v) is 6.23. The number of phenols is 2. The van der Waals surface area contributed by atoms with Gasteiger partial charge in [-0.1, -0.05) is 6.07 Å². The number of rotatable bonds is 6. The summed E-state index contributed by atoms with van der Waals surface area (Å²) in [6.07, 6.45) is 0. The molecule has 5 aromatic rings. The van der Waals surface area contributed by atoms with E-state index in [1.165, 1.54) is 18.2 Å². The van der Waals surface area contributed by atoms with Crippen molar-refractivity contribution in [2.24, 2.45) is 16.0 Å². The van der Waals surface area contributed by atoms with Gasteiger partial charge in [0.05, 0.1) is 17.1 Å². The molecule has 48 heavy (non-hydrogen) atoms. The fourth-order valence-electron chi connectivity index (χ4n) is 4.29. The smallest absolute Gasteiger partial charge is 0.296 e. The number of fused-ring (bicyclic) bond motifs is 2. The van der Waals surface area contributed by atoms with Crippen molar-refractivity contribution in [2.75, 3.05) is 17.2 Å². The van der Waals surface area contributed by atoms with Gasteiger partial charge in [-0.3, -0.25) is 18.5 Å². The number of anilines is 3. The monoisotopic (exact) mass is 720 g/mol. The lowest BCUT2D eigenvalue weighted by Gasteiger charge is -2.11. The van der Waals surface area contributed by atoms with Crippen LogP contribution >= 0.6 is 0 Å². The number of benzene rings is 5. The second-order valence-corrected chi connectivity index (χ2v) is 14.0. The Bertz CT molecular complexity index is 2500. The fraction of sp³-hybridized carbons (Fsp3) is 0. The summed E-state index contributed by atoms with van der Waals surface area (Å²) in [4.78, 5) is 8.02. The molecule has 0 atom stereocenters. The van der Waals surface area contributed by atoms with E-state index in [-0.39, 0.29) is 27.2 Å². The maximum Gasteiger partial charge on any atom is 0.296 e. The third-order valence-corrected chi connectivity index (χ3v) is 9.24. The van der Waals surface area contributed by atoms with Crippen molar-refractivity contribution in [3.8, 4) is 11.5 Å². The molecular weight excluding hydrogens is 697 g/mol. The van der Waals surface area contributed by atoms with Gasteiger partial charge in [0.1, 0.15) is 26.1 Å². The molecule has 0 aliphatic rings. The van der Waals surface area contributed by atoms with Crippen LogP contribution in [0.2, 0.25) is 0 Å². The predicted molar refractivity (Wildman–Crippen MR) is 173 cm³/mol. The number of phenolic OH excluding ortho intramolecular Hbond substituents is 2. The van der Waals surface area contributed by atoms with E-state index in [1.807, 2.05) is 0 Å². The lowest BCUT2D eigenvalue weighted by molar-refractivity contribution is 0.1000. The summed E-state index contributed by atoms with van der Waals surface area (Å²) in [5, 5.41) is 28.2. The van der Waals surface area contributed by atoms with Crippen molar-refractivity contribution in [3.63, 3.8) is 0 Å². The zero-order valence-electron chi connectivity index (χ0n) is 23.9. The number of hydrogen-bond acceptors (Lipinski definition) is 14. The van der Waals surface area contributed by atoms with Crippen molar-refractivity contribution < 1.29 is 53.9 Å². The first-order valence-corrected chi connectivity index (χ1v) is 17.1. The molecule has 0 fully saturated rings. The molecule has 13 N–H and O–H groups in total. The average Bonchev–Trinajstić information content (AvgIpc) is 2.97. The molecule has 0 unspecified atom stereocenters. The van der Waals surface area contributed by atoms with E-state index in [1.54, 1.807) is 24.3 Å². The summed E-state index contributed by atoms with van der Waals surface area (Å²) in [5.74, 6) is -2.00. The number of primary amides is 1. The number of azo groups is 1. The lowest BCUT2D eigenvalue weighted by Crippen LogP contribution is -2.10. The Morgan fingerprint density at radius 1 is 0.604 bits per heavy atom. The molecule has 5 aromatic carbocycles. The molecule has 0 aliphatic heterocycles. The van der Waals surface area contributed by atoms with Gasteiger partial charge in [0.2, 0.25) is 5.91 Å². The van der Waals surface area contributed by atoms with Crippen LogP contribution in [0.4, 0.5) is 28.4 Å². The largest absolute Gasteiger partial charge is 0.505 e. The van der Waals surface area contributed by atoms with Crippen LogP contribution in [0.1, 0.15) is 10.4 Å². The van der Waals surface area contributed by atoms with Crippen molar-refractivity contribution in [1.82, 2.24) is 0 Å². The number of carbonyl (C=O) groups excluding carboxylic acids is 1. The van der Waals surface area contributed by atoms with Crippen LogP contribution < -0.4 is 22.9 Å². The average molecular weight is 721 g/mol. The van der Waals surface area contributed by atoms with Crippen molar-refractivity contribution >= 4 is 86.2 Å². The normalized spacial score (nSPS) is 12.2. The van der Waals surface area contributed by atoms with Gasteiger partial charge in [-0.25, -0.2) is 0 Å². The molecule has 0 saturated heterocycles. The number of nitrogen functional groups attached to an aromatic ring is 3. The van der Waals surface area contributed by atoms with E-state index in [4.69, 9.17) is 22.9 Å². The number of hydrogen-bond donors (Lipinski definition) is 9. The quantitative estimate of drug-likeness (QED) is 0.0526. The Labute approximate surface area is 271 Å². The molecule has 0 aromatic heterocycles. The van der Waals surface area contributed by atoms with Crippen LogP contribution in [0.5, 0.6) is 11.5 Å². The lowest BCUT2D eigenvalue weighted by atomic mass is 10.1. The third-order valence-electron chi connectivity index (χ3n) is 6.57. The van der Waals surface area contributed by atoms with Crippen LogP contribution in [0.3, 0.4) is 0 Å². The van der Waals surface area contributed by atoms with Gasteiger partial charge in [0, 0.05) is 22.0 Å². The standard InChI is InChI=1S/C20H16N4O11S3.C7H8N2O/c21-13-7-12-9(4-14(13)36(27,28)29)5-16(38(33,34)35)18(20(12)26)24-23-10-2-1-8-3-15(37(30,31)32)17(22)19(25)11(8)6-10;8-6-3-1-5(2-4-6)7(9)10/h1-7,25-26H,21-22H2,(H,27,28,29)(H,30,31,32)(H,33,34,35);1-4H,8H2,(H2,9,10). The van der Waals surface area contributed by atoms with Gasteiger partial charge in [0.15, 0.2) is 5.75 Å². The summed E-state index contributed by atoms with van der Waals surface area (Å²) >= 11 is 0. The Kier molecular flexibility index (Phi) is 9.23. The van der Waals surface area contributed by atoms with Gasteiger partial charge >= 0.3 is 0 Å². The second kappa shape index (κ2) is 12.6.